The van der Waals surface area contributed by atoms with E-state index in [4.69, 9.17) is 13.6 Å². The fourth-order valence-electron chi connectivity index (χ4n) is 1.91. The zero-order chi connectivity index (χ0) is 15.3. The molecule has 0 saturated carbocycles. The van der Waals surface area contributed by atoms with Gasteiger partial charge in [-0.15, -0.1) is 0 Å². The summed E-state index contributed by atoms with van der Waals surface area (Å²) >= 11 is 0. The van der Waals surface area contributed by atoms with Crippen LogP contribution in [0.25, 0.3) is 11.5 Å². The fraction of sp³-hybridized carbons (Fsp3) is 0.429. The lowest BCUT2D eigenvalue weighted by Crippen LogP contribution is -2.00. The first-order valence-corrected chi connectivity index (χ1v) is 8.57. The summed E-state index contributed by atoms with van der Waals surface area (Å²) in [5, 5.41) is 3.85. The van der Waals surface area contributed by atoms with Gasteiger partial charge in [-0.1, -0.05) is 22.9 Å². The van der Waals surface area contributed by atoms with Crippen molar-refractivity contribution in [3.63, 3.8) is 0 Å². The van der Waals surface area contributed by atoms with Gasteiger partial charge in [0.25, 0.3) is 5.89 Å². The molecule has 0 aliphatic carbocycles. The minimum Gasteiger partial charge on any atom is -0.334 e. The topological polar surface area (TPSA) is 74.5 Å². The largest absolute Gasteiger partial charge is 0.338 e. The third kappa shape index (κ3) is 4.24. The standard InChI is InChI=1S/C14H19N2O4P/c1-4-18-21(17,19-5-2)10-13-15-14(20-16-13)12-8-6-7-11(3)9-12/h6-9H,4-5,10H2,1-3H3. The van der Waals surface area contributed by atoms with E-state index in [2.05, 4.69) is 10.1 Å². The number of rotatable bonds is 7. The Hall–Kier alpha value is -1.49. The van der Waals surface area contributed by atoms with Gasteiger partial charge in [-0.25, -0.2) is 0 Å². The molecule has 2 rings (SSSR count). The molecular weight excluding hydrogens is 291 g/mol. The van der Waals surface area contributed by atoms with Gasteiger partial charge in [-0.2, -0.15) is 4.98 Å². The maximum Gasteiger partial charge on any atom is 0.338 e. The maximum absolute atomic E-state index is 12.4. The average Bonchev–Trinajstić information content (AvgIpc) is 2.87. The fourth-order valence-corrected chi connectivity index (χ4v) is 3.43. The lowest BCUT2D eigenvalue weighted by Gasteiger charge is -2.14. The molecule has 0 aliphatic rings. The van der Waals surface area contributed by atoms with Gasteiger partial charge in [-0.05, 0) is 32.9 Å². The molecule has 1 aromatic heterocycles. The molecule has 0 unspecified atom stereocenters. The Morgan fingerprint density at radius 1 is 1.24 bits per heavy atom. The van der Waals surface area contributed by atoms with Gasteiger partial charge in [-0.3, -0.25) is 4.57 Å². The molecule has 7 heteroatoms. The minimum absolute atomic E-state index is 0.00396. The Morgan fingerprint density at radius 2 is 1.95 bits per heavy atom. The Kier molecular flexibility index (Phi) is 5.28. The van der Waals surface area contributed by atoms with E-state index in [0.29, 0.717) is 24.9 Å². The lowest BCUT2D eigenvalue weighted by molar-refractivity contribution is 0.218. The molecule has 0 N–H and O–H groups in total. The number of benzene rings is 1. The van der Waals surface area contributed by atoms with Crippen LogP contribution in [0.2, 0.25) is 0 Å². The van der Waals surface area contributed by atoms with E-state index in [1.54, 1.807) is 13.8 Å². The van der Waals surface area contributed by atoms with Gasteiger partial charge < -0.3 is 13.6 Å². The Labute approximate surface area is 124 Å². The van der Waals surface area contributed by atoms with Crippen molar-refractivity contribution in [2.75, 3.05) is 13.2 Å². The number of aryl methyl sites for hydroxylation is 1. The van der Waals surface area contributed by atoms with E-state index in [0.717, 1.165) is 11.1 Å². The Bertz CT molecular complexity index is 631. The first-order valence-electron chi connectivity index (χ1n) is 6.84. The second kappa shape index (κ2) is 6.98. The molecule has 1 aromatic carbocycles. The molecule has 0 saturated heterocycles. The van der Waals surface area contributed by atoms with Crippen molar-refractivity contribution < 1.29 is 18.1 Å². The number of hydrogen-bond acceptors (Lipinski definition) is 6. The molecule has 0 radical (unpaired) electrons. The van der Waals surface area contributed by atoms with Crippen LogP contribution >= 0.6 is 7.60 Å². The van der Waals surface area contributed by atoms with Crippen LogP contribution in [-0.2, 0) is 19.8 Å². The number of hydrogen-bond donors (Lipinski definition) is 0. The van der Waals surface area contributed by atoms with E-state index >= 15 is 0 Å². The van der Waals surface area contributed by atoms with Crippen LogP contribution in [0.4, 0.5) is 0 Å². The molecule has 0 aliphatic heterocycles. The summed E-state index contributed by atoms with van der Waals surface area (Å²) in [5.41, 5.74) is 1.93. The van der Waals surface area contributed by atoms with E-state index in [9.17, 15) is 4.57 Å². The summed E-state index contributed by atoms with van der Waals surface area (Å²) in [4.78, 5) is 4.26. The van der Waals surface area contributed by atoms with Crippen molar-refractivity contribution in [1.82, 2.24) is 10.1 Å². The highest BCUT2D eigenvalue weighted by molar-refractivity contribution is 7.53. The third-order valence-electron chi connectivity index (χ3n) is 2.72. The smallest absolute Gasteiger partial charge is 0.334 e. The van der Waals surface area contributed by atoms with Crippen molar-refractivity contribution in [1.29, 1.82) is 0 Å². The second-order valence-corrected chi connectivity index (χ2v) is 6.54. The van der Waals surface area contributed by atoms with E-state index in [1.165, 1.54) is 0 Å². The van der Waals surface area contributed by atoms with Crippen molar-refractivity contribution in [2.24, 2.45) is 0 Å². The SMILES string of the molecule is CCOP(=O)(Cc1noc(-c2cccc(C)c2)n1)OCC. The number of aromatic nitrogens is 2. The first-order chi connectivity index (χ1) is 10.1. The van der Waals surface area contributed by atoms with Crippen LogP contribution in [0.15, 0.2) is 28.8 Å². The molecule has 2 aromatic rings. The van der Waals surface area contributed by atoms with Crippen LogP contribution in [-0.4, -0.2) is 23.4 Å². The highest BCUT2D eigenvalue weighted by atomic mass is 31.2. The molecule has 21 heavy (non-hydrogen) atoms. The molecule has 6 nitrogen and oxygen atoms in total. The van der Waals surface area contributed by atoms with Crippen LogP contribution in [0.3, 0.4) is 0 Å². The third-order valence-corrected chi connectivity index (χ3v) is 4.69. The maximum atomic E-state index is 12.4. The van der Waals surface area contributed by atoms with Crippen LogP contribution < -0.4 is 0 Å². The van der Waals surface area contributed by atoms with Gasteiger partial charge in [0.15, 0.2) is 5.82 Å². The molecule has 0 fully saturated rings. The van der Waals surface area contributed by atoms with E-state index in [-0.39, 0.29) is 6.16 Å². The zero-order valence-corrected chi connectivity index (χ0v) is 13.3. The van der Waals surface area contributed by atoms with E-state index < -0.39 is 7.60 Å². The monoisotopic (exact) mass is 310 g/mol. The van der Waals surface area contributed by atoms with Gasteiger partial charge in [0, 0.05) is 5.56 Å². The van der Waals surface area contributed by atoms with Gasteiger partial charge in [0.05, 0.1) is 13.2 Å². The van der Waals surface area contributed by atoms with Crippen molar-refractivity contribution in [3.05, 3.63) is 35.7 Å². The second-order valence-electron chi connectivity index (χ2n) is 4.49. The highest BCUT2D eigenvalue weighted by Gasteiger charge is 2.27. The molecular formula is C14H19N2O4P. The summed E-state index contributed by atoms with van der Waals surface area (Å²) < 4.78 is 28.1. The average molecular weight is 310 g/mol. The van der Waals surface area contributed by atoms with Crippen molar-refractivity contribution in [3.8, 4) is 11.5 Å². The van der Waals surface area contributed by atoms with E-state index in [1.807, 2.05) is 31.2 Å². The zero-order valence-electron chi connectivity index (χ0n) is 12.4. The lowest BCUT2D eigenvalue weighted by atomic mass is 10.1. The van der Waals surface area contributed by atoms with Gasteiger partial charge in [0.1, 0.15) is 6.16 Å². The Balaban J connectivity index is 2.18. The van der Waals surface area contributed by atoms with Gasteiger partial charge in [0.2, 0.25) is 0 Å². The van der Waals surface area contributed by atoms with Gasteiger partial charge >= 0.3 is 7.60 Å². The van der Waals surface area contributed by atoms with Crippen LogP contribution in [0.5, 0.6) is 0 Å². The minimum atomic E-state index is -3.21. The quantitative estimate of drug-likeness (QED) is 0.724. The molecule has 0 atom stereocenters. The van der Waals surface area contributed by atoms with Crippen LogP contribution in [0.1, 0.15) is 25.2 Å². The van der Waals surface area contributed by atoms with Crippen molar-refractivity contribution in [2.45, 2.75) is 26.9 Å². The highest BCUT2D eigenvalue weighted by Crippen LogP contribution is 2.50. The van der Waals surface area contributed by atoms with Crippen molar-refractivity contribution >= 4 is 7.60 Å². The van der Waals surface area contributed by atoms with Crippen LogP contribution in [0, 0.1) is 6.92 Å². The summed E-state index contributed by atoms with van der Waals surface area (Å²) in [6, 6.07) is 7.73. The summed E-state index contributed by atoms with van der Waals surface area (Å²) in [6.45, 7) is 6.12. The normalized spacial score (nSPS) is 11.8. The summed E-state index contributed by atoms with van der Waals surface area (Å²) in [5.74, 6) is 0.713. The molecule has 114 valence electrons. The molecule has 0 amide bonds. The Morgan fingerprint density at radius 3 is 2.57 bits per heavy atom. The number of nitrogens with zero attached hydrogens (tertiary/aromatic N) is 2. The first kappa shape index (κ1) is 15.9. The molecule has 0 bridgehead atoms. The predicted octanol–water partition coefficient (Wildman–Crippen LogP) is 3.81. The summed E-state index contributed by atoms with van der Waals surface area (Å²) in [7, 11) is -3.21. The molecule has 0 spiro atoms. The predicted molar refractivity (Wildman–Crippen MR) is 79.0 cm³/mol. The summed E-state index contributed by atoms with van der Waals surface area (Å²) in [6.07, 6.45) is 0.00396. The molecule has 1 heterocycles.